The third-order valence-electron chi connectivity index (χ3n) is 2.57. The van der Waals surface area contributed by atoms with Crippen LogP contribution in [0.3, 0.4) is 0 Å². The highest BCUT2D eigenvalue weighted by molar-refractivity contribution is 5.04. The number of nitrogens with zero attached hydrogens (tertiary/aromatic N) is 2. The Labute approximate surface area is 84.1 Å². The number of rotatable bonds is 4. The third-order valence-corrected chi connectivity index (χ3v) is 2.57. The van der Waals surface area contributed by atoms with Crippen molar-refractivity contribution in [2.45, 2.75) is 45.7 Å². The molecule has 2 atom stereocenters. The van der Waals surface area contributed by atoms with Crippen molar-refractivity contribution in [1.82, 2.24) is 15.5 Å². The highest BCUT2D eigenvalue weighted by atomic mass is 16.4. The highest BCUT2D eigenvalue weighted by Gasteiger charge is 2.38. The molecule has 1 N–H and O–H groups in total. The smallest absolute Gasteiger partial charge is 0.230 e. The fraction of sp³-hybridized carbons (Fsp3) is 0.800. The first kappa shape index (κ1) is 9.65. The van der Waals surface area contributed by atoms with Crippen LogP contribution in [0.15, 0.2) is 4.42 Å². The average Bonchev–Trinajstić information content (AvgIpc) is 2.68. The molecule has 0 bridgehead atoms. The fourth-order valence-corrected chi connectivity index (χ4v) is 1.45. The summed E-state index contributed by atoms with van der Waals surface area (Å²) >= 11 is 0. The van der Waals surface area contributed by atoms with E-state index < -0.39 is 0 Å². The van der Waals surface area contributed by atoms with Crippen LogP contribution in [0.4, 0.5) is 0 Å². The minimum absolute atomic E-state index is 0.449. The summed E-state index contributed by atoms with van der Waals surface area (Å²) in [7, 11) is 0. The molecule has 1 saturated carbocycles. The van der Waals surface area contributed by atoms with E-state index in [2.05, 4.69) is 36.3 Å². The first-order valence-electron chi connectivity index (χ1n) is 5.22. The quantitative estimate of drug-likeness (QED) is 0.794. The van der Waals surface area contributed by atoms with Gasteiger partial charge in [0.1, 0.15) is 0 Å². The number of aromatic nitrogens is 2. The SMILES string of the molecule is CC(C)NCc1nnc(C2CC2C)o1. The van der Waals surface area contributed by atoms with Gasteiger partial charge >= 0.3 is 0 Å². The average molecular weight is 195 g/mol. The van der Waals surface area contributed by atoms with Gasteiger partial charge in [0, 0.05) is 12.0 Å². The zero-order chi connectivity index (χ0) is 10.1. The lowest BCUT2D eigenvalue weighted by Gasteiger charge is -2.03. The van der Waals surface area contributed by atoms with E-state index in [4.69, 9.17) is 4.42 Å². The maximum atomic E-state index is 5.54. The van der Waals surface area contributed by atoms with E-state index in [9.17, 15) is 0 Å². The van der Waals surface area contributed by atoms with Crippen molar-refractivity contribution in [3.05, 3.63) is 11.8 Å². The summed E-state index contributed by atoms with van der Waals surface area (Å²) in [6, 6.07) is 0.449. The molecule has 0 radical (unpaired) electrons. The minimum Gasteiger partial charge on any atom is -0.424 e. The van der Waals surface area contributed by atoms with Gasteiger partial charge in [-0.2, -0.15) is 0 Å². The second-order valence-corrected chi connectivity index (χ2v) is 4.39. The van der Waals surface area contributed by atoms with Gasteiger partial charge in [-0.15, -0.1) is 10.2 Å². The first-order chi connectivity index (χ1) is 6.66. The van der Waals surface area contributed by atoms with Crippen molar-refractivity contribution < 1.29 is 4.42 Å². The van der Waals surface area contributed by atoms with E-state index in [0.29, 0.717) is 24.4 Å². The normalized spacial score (nSPS) is 25.7. The monoisotopic (exact) mass is 195 g/mol. The summed E-state index contributed by atoms with van der Waals surface area (Å²) < 4.78 is 5.54. The Kier molecular flexibility index (Phi) is 2.54. The lowest BCUT2D eigenvalue weighted by atomic mass is 10.3. The third kappa shape index (κ3) is 2.12. The van der Waals surface area contributed by atoms with E-state index in [0.717, 1.165) is 11.8 Å². The molecule has 1 fully saturated rings. The summed E-state index contributed by atoms with van der Waals surface area (Å²) in [5.41, 5.74) is 0. The van der Waals surface area contributed by atoms with Gasteiger partial charge in [0.15, 0.2) is 0 Å². The van der Waals surface area contributed by atoms with Gasteiger partial charge in [0.25, 0.3) is 0 Å². The van der Waals surface area contributed by atoms with Crippen LogP contribution in [-0.2, 0) is 6.54 Å². The maximum Gasteiger partial charge on any atom is 0.230 e. The van der Waals surface area contributed by atoms with Crippen LogP contribution in [-0.4, -0.2) is 16.2 Å². The largest absolute Gasteiger partial charge is 0.424 e. The molecule has 1 aliphatic carbocycles. The molecule has 0 amide bonds. The van der Waals surface area contributed by atoms with Gasteiger partial charge in [-0.3, -0.25) is 0 Å². The Morgan fingerprint density at radius 1 is 1.50 bits per heavy atom. The van der Waals surface area contributed by atoms with Crippen molar-refractivity contribution >= 4 is 0 Å². The lowest BCUT2D eigenvalue weighted by molar-refractivity contribution is 0.419. The standard InChI is InChI=1S/C10H17N3O/c1-6(2)11-5-9-12-13-10(14-9)8-4-7(8)3/h6-8,11H,4-5H2,1-3H3. The van der Waals surface area contributed by atoms with Crippen molar-refractivity contribution in [2.75, 3.05) is 0 Å². The molecule has 78 valence electrons. The molecule has 1 heterocycles. The molecule has 14 heavy (non-hydrogen) atoms. The number of nitrogens with one attached hydrogen (secondary N) is 1. The van der Waals surface area contributed by atoms with Crippen LogP contribution in [0.25, 0.3) is 0 Å². The Morgan fingerprint density at radius 2 is 2.21 bits per heavy atom. The Balaban J connectivity index is 1.90. The second kappa shape index (κ2) is 3.69. The molecule has 0 saturated heterocycles. The molecular weight excluding hydrogens is 178 g/mol. The summed E-state index contributed by atoms with van der Waals surface area (Å²) in [5, 5.41) is 11.3. The molecule has 4 nitrogen and oxygen atoms in total. The first-order valence-corrected chi connectivity index (χ1v) is 5.22. The Bertz CT molecular complexity index is 308. The van der Waals surface area contributed by atoms with E-state index in [1.54, 1.807) is 0 Å². The molecule has 0 aromatic carbocycles. The summed E-state index contributed by atoms with van der Waals surface area (Å²) in [5.74, 6) is 2.77. The van der Waals surface area contributed by atoms with Gasteiger partial charge in [-0.1, -0.05) is 20.8 Å². The highest BCUT2D eigenvalue weighted by Crippen LogP contribution is 2.46. The van der Waals surface area contributed by atoms with E-state index in [1.165, 1.54) is 6.42 Å². The van der Waals surface area contributed by atoms with Gasteiger partial charge in [-0.25, -0.2) is 0 Å². The molecule has 0 aliphatic heterocycles. The van der Waals surface area contributed by atoms with Crippen LogP contribution >= 0.6 is 0 Å². The van der Waals surface area contributed by atoms with Crippen LogP contribution in [0, 0.1) is 5.92 Å². The van der Waals surface area contributed by atoms with Gasteiger partial charge in [0.2, 0.25) is 11.8 Å². The molecular formula is C10H17N3O. The Morgan fingerprint density at radius 3 is 2.79 bits per heavy atom. The van der Waals surface area contributed by atoms with Gasteiger partial charge in [0.05, 0.1) is 6.54 Å². The number of hydrogen-bond donors (Lipinski definition) is 1. The van der Waals surface area contributed by atoms with Crippen LogP contribution < -0.4 is 5.32 Å². The van der Waals surface area contributed by atoms with Crippen molar-refractivity contribution in [2.24, 2.45) is 5.92 Å². The Hall–Kier alpha value is -0.900. The molecule has 2 unspecified atom stereocenters. The van der Waals surface area contributed by atoms with Gasteiger partial charge < -0.3 is 9.73 Å². The summed E-state index contributed by atoms with van der Waals surface area (Å²) in [4.78, 5) is 0. The lowest BCUT2D eigenvalue weighted by Crippen LogP contribution is -2.21. The zero-order valence-electron chi connectivity index (χ0n) is 8.95. The fourth-order valence-electron chi connectivity index (χ4n) is 1.45. The maximum absolute atomic E-state index is 5.54. The minimum atomic E-state index is 0.449. The predicted molar refractivity (Wildman–Crippen MR) is 52.8 cm³/mol. The van der Waals surface area contributed by atoms with E-state index >= 15 is 0 Å². The van der Waals surface area contributed by atoms with Crippen molar-refractivity contribution in [1.29, 1.82) is 0 Å². The zero-order valence-corrected chi connectivity index (χ0v) is 8.95. The van der Waals surface area contributed by atoms with E-state index in [-0.39, 0.29) is 0 Å². The van der Waals surface area contributed by atoms with Crippen molar-refractivity contribution in [3.63, 3.8) is 0 Å². The van der Waals surface area contributed by atoms with Crippen molar-refractivity contribution in [3.8, 4) is 0 Å². The predicted octanol–water partition coefficient (Wildman–Crippen LogP) is 1.69. The second-order valence-electron chi connectivity index (χ2n) is 4.39. The topological polar surface area (TPSA) is 51.0 Å². The van der Waals surface area contributed by atoms with Crippen LogP contribution in [0.2, 0.25) is 0 Å². The molecule has 1 aromatic heterocycles. The molecule has 4 heteroatoms. The van der Waals surface area contributed by atoms with E-state index in [1.807, 2.05) is 0 Å². The molecule has 1 aliphatic rings. The summed E-state index contributed by atoms with van der Waals surface area (Å²) in [6.45, 7) is 7.08. The number of hydrogen-bond acceptors (Lipinski definition) is 4. The summed E-state index contributed by atoms with van der Waals surface area (Å²) in [6.07, 6.45) is 1.19. The molecule has 0 spiro atoms. The van der Waals surface area contributed by atoms with Crippen LogP contribution in [0.1, 0.15) is 44.9 Å². The molecule has 1 aromatic rings. The van der Waals surface area contributed by atoms with Gasteiger partial charge in [-0.05, 0) is 12.3 Å². The van der Waals surface area contributed by atoms with Crippen LogP contribution in [0.5, 0.6) is 0 Å². The molecule has 2 rings (SSSR count).